The summed E-state index contributed by atoms with van der Waals surface area (Å²) < 4.78 is 11.3. The lowest BCUT2D eigenvalue weighted by molar-refractivity contribution is -0.142. The zero-order valence-corrected chi connectivity index (χ0v) is 15.3. The molecule has 0 spiro atoms. The van der Waals surface area contributed by atoms with Crippen LogP contribution in [0.4, 0.5) is 0 Å². The summed E-state index contributed by atoms with van der Waals surface area (Å²) in [6, 6.07) is 9.95. The van der Waals surface area contributed by atoms with Gasteiger partial charge in [-0.1, -0.05) is 30.3 Å². The molecule has 0 bridgehead atoms. The van der Waals surface area contributed by atoms with Crippen molar-refractivity contribution in [2.75, 3.05) is 46.4 Å². The first kappa shape index (κ1) is 20.4. The Hall–Kier alpha value is -1.96. The van der Waals surface area contributed by atoms with Crippen molar-refractivity contribution in [3.8, 4) is 0 Å². The minimum Gasteiger partial charge on any atom is -0.480 e. The molecule has 0 radical (unpaired) electrons. The topological polar surface area (TPSA) is 79.3 Å². The molecule has 7 nitrogen and oxygen atoms in total. The Bertz CT molecular complexity index is 566. The largest absolute Gasteiger partial charge is 0.480 e. The maximum Gasteiger partial charge on any atom is 0.317 e. The molecule has 1 N–H and O–H groups in total. The molecule has 7 heteroatoms. The van der Waals surface area contributed by atoms with Crippen LogP contribution in [0.15, 0.2) is 30.3 Å². The molecule has 1 atom stereocenters. The maximum absolute atomic E-state index is 12.3. The highest BCUT2D eigenvalue weighted by molar-refractivity contribution is 5.76. The molecule has 1 aromatic carbocycles. The predicted octanol–water partition coefficient (Wildman–Crippen LogP) is 1.23. The number of morpholine rings is 1. The predicted molar refractivity (Wildman–Crippen MR) is 96.8 cm³/mol. The average Bonchev–Trinajstić information content (AvgIpc) is 2.61. The van der Waals surface area contributed by atoms with Crippen molar-refractivity contribution in [3.63, 3.8) is 0 Å². The number of aliphatic carboxylic acids is 1. The Balaban J connectivity index is 1.62. The molecule has 1 fully saturated rings. The van der Waals surface area contributed by atoms with E-state index in [0.29, 0.717) is 52.3 Å². The van der Waals surface area contributed by atoms with E-state index in [0.717, 1.165) is 5.56 Å². The van der Waals surface area contributed by atoms with Crippen molar-refractivity contribution >= 4 is 11.9 Å². The summed E-state index contributed by atoms with van der Waals surface area (Å²) in [5.41, 5.74) is 1.13. The monoisotopic (exact) mass is 364 g/mol. The third-order valence-electron chi connectivity index (χ3n) is 4.20. The van der Waals surface area contributed by atoms with Gasteiger partial charge in [0.15, 0.2) is 0 Å². The summed E-state index contributed by atoms with van der Waals surface area (Å²) in [7, 11) is 1.74. The summed E-state index contributed by atoms with van der Waals surface area (Å²) in [4.78, 5) is 26.6. The number of nitrogens with zero attached hydrogens (tertiary/aromatic N) is 2. The number of carbonyl (C=O) groups is 2. The third-order valence-corrected chi connectivity index (χ3v) is 4.20. The molecule has 0 aromatic heterocycles. The second-order valence-electron chi connectivity index (χ2n) is 6.56. The van der Waals surface area contributed by atoms with E-state index >= 15 is 0 Å². The van der Waals surface area contributed by atoms with Gasteiger partial charge >= 0.3 is 5.97 Å². The lowest BCUT2D eigenvalue weighted by Crippen LogP contribution is -2.49. The van der Waals surface area contributed by atoms with Gasteiger partial charge in [0.2, 0.25) is 5.91 Å². The number of rotatable bonds is 10. The quantitative estimate of drug-likeness (QED) is 0.629. The molecule has 1 aromatic rings. The Morgan fingerprint density at radius 3 is 2.85 bits per heavy atom. The molecular formula is C19H28N2O5. The molecule has 1 amide bonds. The smallest absolute Gasteiger partial charge is 0.317 e. The molecule has 144 valence electrons. The van der Waals surface area contributed by atoms with Crippen molar-refractivity contribution in [1.82, 2.24) is 9.80 Å². The Morgan fingerprint density at radius 2 is 2.12 bits per heavy atom. The first-order valence-corrected chi connectivity index (χ1v) is 8.96. The zero-order valence-electron chi connectivity index (χ0n) is 15.3. The molecule has 26 heavy (non-hydrogen) atoms. The number of carbonyl (C=O) groups excluding carboxylic acids is 1. The Labute approximate surface area is 154 Å². The van der Waals surface area contributed by atoms with Gasteiger partial charge in [-0.25, -0.2) is 0 Å². The molecule has 1 aliphatic rings. The van der Waals surface area contributed by atoms with Crippen LogP contribution in [-0.4, -0.2) is 79.3 Å². The second-order valence-corrected chi connectivity index (χ2v) is 6.56. The van der Waals surface area contributed by atoms with Crippen LogP contribution in [0.25, 0.3) is 0 Å². The molecule has 1 unspecified atom stereocenters. The fourth-order valence-electron chi connectivity index (χ4n) is 2.95. The van der Waals surface area contributed by atoms with E-state index < -0.39 is 5.97 Å². The molecule has 1 aliphatic heterocycles. The number of amides is 1. The number of carboxylic acids is 1. The fourth-order valence-corrected chi connectivity index (χ4v) is 2.95. The number of ether oxygens (including phenoxy) is 2. The van der Waals surface area contributed by atoms with E-state index in [-0.39, 0.29) is 18.6 Å². The van der Waals surface area contributed by atoms with Gasteiger partial charge in [-0.05, 0) is 19.0 Å². The van der Waals surface area contributed by atoms with E-state index in [1.165, 1.54) is 0 Å². The van der Waals surface area contributed by atoms with Crippen molar-refractivity contribution in [3.05, 3.63) is 35.9 Å². The minimum atomic E-state index is -0.869. The van der Waals surface area contributed by atoms with Crippen molar-refractivity contribution < 1.29 is 24.2 Å². The summed E-state index contributed by atoms with van der Waals surface area (Å²) in [6.45, 7) is 3.15. The number of hydrogen-bond acceptors (Lipinski definition) is 5. The molecule has 1 heterocycles. The van der Waals surface area contributed by atoms with Crippen LogP contribution >= 0.6 is 0 Å². The Morgan fingerprint density at radius 1 is 1.35 bits per heavy atom. The first-order chi connectivity index (χ1) is 12.5. The number of benzene rings is 1. The maximum atomic E-state index is 12.3. The van der Waals surface area contributed by atoms with Crippen LogP contribution in [0.2, 0.25) is 0 Å². The van der Waals surface area contributed by atoms with Crippen molar-refractivity contribution in [2.45, 2.75) is 25.6 Å². The highest BCUT2D eigenvalue weighted by Gasteiger charge is 2.25. The number of likely N-dealkylation sites (N-methyl/N-ethyl adjacent to an activating group) is 1. The summed E-state index contributed by atoms with van der Waals surface area (Å²) in [5.74, 6) is -0.769. The average molecular weight is 364 g/mol. The van der Waals surface area contributed by atoms with Gasteiger partial charge in [-0.3, -0.25) is 14.5 Å². The number of carboxylic acid groups (broad SMARTS) is 1. The van der Waals surface area contributed by atoms with Gasteiger partial charge in [0.25, 0.3) is 0 Å². The van der Waals surface area contributed by atoms with Crippen LogP contribution in [0.1, 0.15) is 18.4 Å². The van der Waals surface area contributed by atoms with Gasteiger partial charge < -0.3 is 19.5 Å². The van der Waals surface area contributed by atoms with E-state index in [2.05, 4.69) is 0 Å². The number of hydrogen-bond donors (Lipinski definition) is 1. The highest BCUT2D eigenvalue weighted by Crippen LogP contribution is 2.09. The lowest BCUT2D eigenvalue weighted by atomic mass is 10.2. The van der Waals surface area contributed by atoms with Gasteiger partial charge in [-0.15, -0.1) is 0 Å². The van der Waals surface area contributed by atoms with E-state index in [9.17, 15) is 9.59 Å². The Kier molecular flexibility index (Phi) is 8.53. The third kappa shape index (κ3) is 7.51. The lowest BCUT2D eigenvalue weighted by Gasteiger charge is -2.34. The van der Waals surface area contributed by atoms with E-state index in [4.69, 9.17) is 14.6 Å². The SMILES string of the molecule is CN(CC(=O)O)CC1CN(C(=O)CCCOCc2ccccc2)CCO1. The standard InChI is InChI=1S/C19H28N2O5/c1-20(14-19(23)24)12-17-13-21(9-11-26-17)18(22)8-5-10-25-15-16-6-3-2-4-7-16/h2-4,6-7,17H,5,8-15H2,1H3,(H,23,24). The molecule has 1 saturated heterocycles. The van der Waals surface area contributed by atoms with Crippen LogP contribution < -0.4 is 0 Å². The van der Waals surface area contributed by atoms with E-state index in [1.54, 1.807) is 16.8 Å². The van der Waals surface area contributed by atoms with Crippen LogP contribution in [-0.2, 0) is 25.7 Å². The van der Waals surface area contributed by atoms with Crippen LogP contribution in [0.3, 0.4) is 0 Å². The normalized spacial score (nSPS) is 17.5. The first-order valence-electron chi connectivity index (χ1n) is 8.96. The molecule has 0 saturated carbocycles. The fraction of sp³-hybridized carbons (Fsp3) is 0.579. The van der Waals surface area contributed by atoms with Gasteiger partial charge in [0.05, 0.1) is 25.9 Å². The molecular weight excluding hydrogens is 336 g/mol. The van der Waals surface area contributed by atoms with E-state index in [1.807, 2.05) is 30.3 Å². The summed E-state index contributed by atoms with van der Waals surface area (Å²) in [6.07, 6.45) is 0.991. The van der Waals surface area contributed by atoms with Gasteiger partial charge in [-0.2, -0.15) is 0 Å². The van der Waals surface area contributed by atoms with Crippen molar-refractivity contribution in [2.24, 2.45) is 0 Å². The molecule has 2 rings (SSSR count). The van der Waals surface area contributed by atoms with Crippen LogP contribution in [0, 0.1) is 0 Å². The molecule has 0 aliphatic carbocycles. The second kappa shape index (κ2) is 10.9. The highest BCUT2D eigenvalue weighted by atomic mass is 16.5. The summed E-state index contributed by atoms with van der Waals surface area (Å²) in [5, 5.41) is 8.81. The van der Waals surface area contributed by atoms with Crippen LogP contribution in [0.5, 0.6) is 0 Å². The minimum absolute atomic E-state index is 0.0352. The van der Waals surface area contributed by atoms with Gasteiger partial charge in [0.1, 0.15) is 0 Å². The van der Waals surface area contributed by atoms with Gasteiger partial charge in [0, 0.05) is 32.7 Å². The summed E-state index contributed by atoms with van der Waals surface area (Å²) >= 11 is 0. The zero-order chi connectivity index (χ0) is 18.8. The van der Waals surface area contributed by atoms with Crippen molar-refractivity contribution in [1.29, 1.82) is 0 Å².